The van der Waals surface area contributed by atoms with Gasteiger partial charge in [0.1, 0.15) is 12.1 Å². The van der Waals surface area contributed by atoms with Gasteiger partial charge in [0.2, 0.25) is 5.91 Å². The summed E-state index contributed by atoms with van der Waals surface area (Å²) in [5.74, 6) is -1.05. The lowest BCUT2D eigenvalue weighted by Crippen LogP contribution is -2.42. The van der Waals surface area contributed by atoms with Crippen LogP contribution in [0.2, 0.25) is 10.0 Å². The quantitative estimate of drug-likeness (QED) is 0.760. The number of carbonyl (C=O) groups is 3. The van der Waals surface area contributed by atoms with Gasteiger partial charge in [0, 0.05) is 21.3 Å². The summed E-state index contributed by atoms with van der Waals surface area (Å²) in [6, 6.07) is 11.2. The van der Waals surface area contributed by atoms with Crippen molar-refractivity contribution in [2.24, 2.45) is 0 Å². The molecule has 27 heavy (non-hydrogen) atoms. The fraction of sp³-hybridized carbons (Fsp3) is 0.211. The molecule has 6 nitrogen and oxygen atoms in total. The van der Waals surface area contributed by atoms with Gasteiger partial charge in [0.05, 0.1) is 0 Å². The highest BCUT2D eigenvalue weighted by Gasteiger charge is 2.50. The molecular weight excluding hydrogens is 389 g/mol. The molecule has 0 unspecified atom stereocenters. The number of amides is 4. The minimum absolute atomic E-state index is 0.356. The molecule has 1 heterocycles. The molecule has 0 aromatic heterocycles. The van der Waals surface area contributed by atoms with Gasteiger partial charge in [-0.05, 0) is 37.6 Å². The van der Waals surface area contributed by atoms with Crippen LogP contribution in [-0.2, 0) is 15.1 Å². The highest BCUT2D eigenvalue weighted by Crippen LogP contribution is 2.33. The first-order valence-corrected chi connectivity index (χ1v) is 8.93. The van der Waals surface area contributed by atoms with Crippen molar-refractivity contribution in [2.45, 2.75) is 19.4 Å². The number of nitrogens with zero attached hydrogens (tertiary/aromatic N) is 1. The number of benzene rings is 2. The zero-order valence-corrected chi connectivity index (χ0v) is 16.2. The van der Waals surface area contributed by atoms with Crippen LogP contribution in [0.4, 0.5) is 10.5 Å². The van der Waals surface area contributed by atoms with Crippen LogP contribution < -0.4 is 10.6 Å². The number of hydrogen-bond acceptors (Lipinski definition) is 3. The first-order chi connectivity index (χ1) is 12.7. The minimum atomic E-state index is -1.33. The molecule has 0 bridgehead atoms. The molecule has 2 N–H and O–H groups in total. The van der Waals surface area contributed by atoms with Gasteiger partial charge in [-0.3, -0.25) is 14.5 Å². The largest absolute Gasteiger partial charge is 0.325 e. The van der Waals surface area contributed by atoms with Crippen LogP contribution in [0, 0.1) is 6.92 Å². The summed E-state index contributed by atoms with van der Waals surface area (Å²) in [5.41, 5.74) is 0.361. The molecule has 0 spiro atoms. The first kappa shape index (κ1) is 19.2. The van der Waals surface area contributed by atoms with Crippen LogP contribution >= 0.6 is 23.2 Å². The van der Waals surface area contributed by atoms with Crippen LogP contribution in [0.15, 0.2) is 42.5 Å². The maximum Gasteiger partial charge on any atom is 0.325 e. The molecule has 0 saturated carbocycles. The third-order valence-corrected chi connectivity index (χ3v) is 5.27. The summed E-state index contributed by atoms with van der Waals surface area (Å²) in [6.07, 6.45) is 0. The zero-order chi connectivity index (χ0) is 19.8. The van der Waals surface area contributed by atoms with E-state index in [1.54, 1.807) is 56.3 Å². The van der Waals surface area contributed by atoms with Gasteiger partial charge in [-0.1, -0.05) is 47.5 Å². The smallest absolute Gasteiger partial charge is 0.324 e. The first-order valence-electron chi connectivity index (χ1n) is 8.18. The van der Waals surface area contributed by atoms with Gasteiger partial charge in [0.25, 0.3) is 5.91 Å². The lowest BCUT2D eigenvalue weighted by molar-refractivity contribution is -0.133. The fourth-order valence-electron chi connectivity index (χ4n) is 2.97. The Bertz CT molecular complexity index is 948. The third-order valence-electron chi connectivity index (χ3n) is 4.53. The highest BCUT2D eigenvalue weighted by molar-refractivity contribution is 6.32. The average Bonchev–Trinajstić information content (AvgIpc) is 2.83. The maximum atomic E-state index is 12.9. The van der Waals surface area contributed by atoms with E-state index in [1.807, 2.05) is 0 Å². The molecule has 2 aromatic rings. The second-order valence-electron chi connectivity index (χ2n) is 6.39. The Kier molecular flexibility index (Phi) is 5.13. The Balaban J connectivity index is 1.79. The van der Waals surface area contributed by atoms with Crippen molar-refractivity contribution < 1.29 is 14.4 Å². The zero-order valence-electron chi connectivity index (χ0n) is 14.7. The Morgan fingerprint density at radius 2 is 1.78 bits per heavy atom. The summed E-state index contributed by atoms with van der Waals surface area (Å²) in [4.78, 5) is 38.5. The van der Waals surface area contributed by atoms with Gasteiger partial charge in [0.15, 0.2) is 0 Å². The number of rotatable bonds is 4. The third kappa shape index (κ3) is 3.50. The number of anilines is 1. The number of halogens is 2. The van der Waals surface area contributed by atoms with Crippen molar-refractivity contribution in [2.75, 3.05) is 11.9 Å². The number of hydrogen-bond donors (Lipinski definition) is 2. The summed E-state index contributed by atoms with van der Waals surface area (Å²) >= 11 is 12.2. The number of nitrogens with one attached hydrogen (secondary N) is 2. The van der Waals surface area contributed by atoms with E-state index in [2.05, 4.69) is 10.6 Å². The van der Waals surface area contributed by atoms with Crippen LogP contribution in [0.3, 0.4) is 0 Å². The fourth-order valence-corrected chi connectivity index (χ4v) is 3.47. The Morgan fingerprint density at radius 1 is 1.11 bits per heavy atom. The van der Waals surface area contributed by atoms with E-state index < -0.39 is 29.9 Å². The Hall–Kier alpha value is -2.57. The van der Waals surface area contributed by atoms with E-state index in [-0.39, 0.29) is 0 Å². The van der Waals surface area contributed by atoms with E-state index in [9.17, 15) is 14.4 Å². The monoisotopic (exact) mass is 405 g/mol. The lowest BCUT2D eigenvalue weighted by atomic mass is 9.92. The molecule has 0 aliphatic carbocycles. The SMILES string of the molecule is Cc1c(Cl)cccc1NC(=O)CN1C(=O)N[C@](C)(c2ccccc2Cl)C1=O. The predicted molar refractivity (Wildman–Crippen MR) is 104 cm³/mol. The molecule has 1 fully saturated rings. The van der Waals surface area contributed by atoms with Gasteiger partial charge in [-0.25, -0.2) is 4.79 Å². The number of urea groups is 1. The molecule has 1 aliphatic rings. The molecule has 1 aliphatic heterocycles. The molecule has 3 rings (SSSR count). The van der Waals surface area contributed by atoms with E-state index >= 15 is 0 Å². The van der Waals surface area contributed by atoms with Gasteiger partial charge < -0.3 is 10.6 Å². The highest BCUT2D eigenvalue weighted by atomic mass is 35.5. The van der Waals surface area contributed by atoms with E-state index in [4.69, 9.17) is 23.2 Å². The summed E-state index contributed by atoms with van der Waals surface area (Å²) < 4.78 is 0. The van der Waals surface area contributed by atoms with E-state index in [0.717, 1.165) is 4.90 Å². The second-order valence-corrected chi connectivity index (χ2v) is 7.20. The molecule has 8 heteroatoms. The second kappa shape index (κ2) is 7.21. The van der Waals surface area contributed by atoms with E-state index in [1.165, 1.54) is 0 Å². The number of imide groups is 1. The van der Waals surface area contributed by atoms with Crippen LogP contribution in [0.1, 0.15) is 18.1 Å². The van der Waals surface area contributed by atoms with Gasteiger partial charge in [-0.15, -0.1) is 0 Å². The standard InChI is InChI=1S/C19H17Cl2N3O3/c1-11-13(20)8-5-9-15(11)22-16(25)10-24-17(26)19(2,23-18(24)27)12-6-3-4-7-14(12)21/h3-9H,10H2,1-2H3,(H,22,25)(H,23,27)/t19-/m1/s1. The van der Waals surface area contributed by atoms with Crippen LogP contribution in [0.25, 0.3) is 0 Å². The average molecular weight is 406 g/mol. The lowest BCUT2D eigenvalue weighted by Gasteiger charge is -2.23. The van der Waals surface area contributed by atoms with E-state index in [0.29, 0.717) is 26.9 Å². The summed E-state index contributed by atoms with van der Waals surface area (Å²) in [7, 11) is 0. The molecule has 2 aromatic carbocycles. The predicted octanol–water partition coefficient (Wildman–Crippen LogP) is 3.71. The number of carbonyl (C=O) groups excluding carboxylic acids is 3. The van der Waals surface area contributed by atoms with Crippen molar-refractivity contribution in [3.8, 4) is 0 Å². The van der Waals surface area contributed by atoms with Crippen molar-refractivity contribution in [1.29, 1.82) is 0 Å². The van der Waals surface area contributed by atoms with Gasteiger partial charge in [-0.2, -0.15) is 0 Å². The van der Waals surface area contributed by atoms with Crippen molar-refractivity contribution in [1.82, 2.24) is 10.2 Å². The summed E-state index contributed by atoms with van der Waals surface area (Å²) in [5, 5.41) is 6.17. The minimum Gasteiger partial charge on any atom is -0.324 e. The molecule has 4 amide bonds. The Labute approximate surface area is 166 Å². The Morgan fingerprint density at radius 3 is 2.48 bits per heavy atom. The molecule has 140 valence electrons. The molecule has 1 saturated heterocycles. The molecule has 1 atom stereocenters. The van der Waals surface area contributed by atoms with Crippen molar-refractivity contribution in [3.63, 3.8) is 0 Å². The summed E-state index contributed by atoms with van der Waals surface area (Å²) in [6.45, 7) is 2.91. The van der Waals surface area contributed by atoms with Crippen molar-refractivity contribution in [3.05, 3.63) is 63.6 Å². The van der Waals surface area contributed by atoms with Crippen LogP contribution in [-0.4, -0.2) is 29.3 Å². The normalized spacial score (nSPS) is 19.2. The van der Waals surface area contributed by atoms with Crippen molar-refractivity contribution >= 4 is 46.7 Å². The maximum absolute atomic E-state index is 12.9. The van der Waals surface area contributed by atoms with Gasteiger partial charge >= 0.3 is 6.03 Å². The molecule has 0 radical (unpaired) electrons. The topological polar surface area (TPSA) is 78.5 Å². The molecular formula is C19H17Cl2N3O3. The van der Waals surface area contributed by atoms with Crippen LogP contribution in [0.5, 0.6) is 0 Å².